The number of nitrogens with zero attached hydrogens (tertiary/aromatic N) is 1. The zero-order valence-corrected chi connectivity index (χ0v) is 40.7. The molecule has 26 heteroatoms. The molecule has 0 radical (unpaired) electrons. The van der Waals surface area contributed by atoms with E-state index in [1.54, 1.807) is 13.8 Å². The van der Waals surface area contributed by atoms with Crippen LogP contribution in [0.3, 0.4) is 0 Å². The van der Waals surface area contributed by atoms with Gasteiger partial charge in [0, 0.05) is 30.9 Å². The highest BCUT2D eigenvalue weighted by atomic mass is 33.1. The number of carbonyl (C=O) groups is 11. The standard InChI is InChI=1S/C43H66N12O12S2/c1-5-22(4)35-42(66)49-26(12-13-32(45)57)38(62)51-29(17-33(46)58)39(63)53-30(20-69-68-19-25(44)36(60)50-28(40(64)54-35)16-23-8-10-24(56)11-9-23)43(67)55-14-6-7-31(55)41(65)52-27(15-21(2)3)37(61)48-18-34(47)59/h8-11,21-22,25-31,35,56H,5-7,12-20,44H2,1-4H3,(H2,45,57)(H2,46,58)(H2,47,59)(H,48,61)(H,49,66)(H,50,60)(H,51,62)(H,52,65)(H,53,63)(H,54,64)/t22-,25-,26?,27-,28?,29?,30-,31?,35-/m0/s1. The normalized spacial score (nSPS) is 24.3. The monoisotopic (exact) mass is 1010 g/mol. The predicted octanol–water partition coefficient (Wildman–Crippen LogP) is -3.61. The van der Waals surface area contributed by atoms with Crippen molar-refractivity contribution >= 4 is 86.6 Å². The number of phenols is 1. The number of benzene rings is 1. The first-order valence-electron chi connectivity index (χ1n) is 22.5. The lowest BCUT2D eigenvalue weighted by atomic mass is 9.96. The van der Waals surface area contributed by atoms with Crippen molar-refractivity contribution in [3.05, 3.63) is 29.8 Å². The van der Waals surface area contributed by atoms with Gasteiger partial charge in [0.05, 0.1) is 19.0 Å². The highest BCUT2D eigenvalue weighted by Gasteiger charge is 2.41. The highest BCUT2D eigenvalue weighted by molar-refractivity contribution is 8.76. The van der Waals surface area contributed by atoms with Gasteiger partial charge in [-0.1, -0.05) is 67.8 Å². The molecule has 16 N–H and O–H groups in total. The highest BCUT2D eigenvalue weighted by Crippen LogP contribution is 2.26. The zero-order valence-electron chi connectivity index (χ0n) is 39.1. The summed E-state index contributed by atoms with van der Waals surface area (Å²) >= 11 is 0. The lowest BCUT2D eigenvalue weighted by molar-refractivity contribution is -0.142. The van der Waals surface area contributed by atoms with Crippen molar-refractivity contribution < 1.29 is 57.8 Å². The predicted molar refractivity (Wildman–Crippen MR) is 254 cm³/mol. The second-order valence-electron chi connectivity index (χ2n) is 17.4. The maximum Gasteiger partial charge on any atom is 0.246 e. The lowest BCUT2D eigenvalue weighted by Crippen LogP contribution is -2.61. The average Bonchev–Trinajstić information content (AvgIpc) is 3.78. The number of carbonyl (C=O) groups excluding carboxylic acids is 11. The third-order valence-electron chi connectivity index (χ3n) is 11.3. The lowest BCUT2D eigenvalue weighted by Gasteiger charge is -2.31. The third-order valence-corrected chi connectivity index (χ3v) is 13.7. The van der Waals surface area contributed by atoms with Crippen LogP contribution in [0.2, 0.25) is 0 Å². The number of phenolic OH excluding ortho intramolecular Hbond substituents is 1. The van der Waals surface area contributed by atoms with Gasteiger partial charge in [-0.05, 0) is 55.2 Å². The number of likely N-dealkylation sites (tertiary alicyclic amines) is 1. The molecule has 2 aliphatic rings. The summed E-state index contributed by atoms with van der Waals surface area (Å²) in [4.78, 5) is 148. The fourth-order valence-corrected chi connectivity index (χ4v) is 9.62. The van der Waals surface area contributed by atoms with Crippen molar-refractivity contribution in [2.24, 2.45) is 34.8 Å². The average molecular weight is 1010 g/mol. The number of amides is 11. The summed E-state index contributed by atoms with van der Waals surface area (Å²) in [6.07, 6.45) is -0.694. The molecule has 2 aliphatic heterocycles. The van der Waals surface area contributed by atoms with Gasteiger partial charge in [0.15, 0.2) is 0 Å². The van der Waals surface area contributed by atoms with Gasteiger partial charge in [0.2, 0.25) is 65.0 Å². The smallest absolute Gasteiger partial charge is 0.246 e. The first-order valence-corrected chi connectivity index (χ1v) is 25.0. The second kappa shape index (κ2) is 27.7. The van der Waals surface area contributed by atoms with E-state index in [9.17, 15) is 57.8 Å². The largest absolute Gasteiger partial charge is 0.508 e. The van der Waals surface area contributed by atoms with E-state index in [0.717, 1.165) is 21.6 Å². The van der Waals surface area contributed by atoms with Gasteiger partial charge in [0.1, 0.15) is 48.0 Å². The van der Waals surface area contributed by atoms with Crippen LogP contribution in [0.5, 0.6) is 5.75 Å². The van der Waals surface area contributed by atoms with Gasteiger partial charge in [0.25, 0.3) is 0 Å². The van der Waals surface area contributed by atoms with Gasteiger partial charge in [-0.2, -0.15) is 0 Å². The summed E-state index contributed by atoms with van der Waals surface area (Å²) in [5.41, 5.74) is 22.9. The van der Waals surface area contributed by atoms with E-state index >= 15 is 0 Å². The fraction of sp³-hybridized carbons (Fsp3) is 0.605. The Bertz CT molecular complexity index is 2050. The van der Waals surface area contributed by atoms with Crippen molar-refractivity contribution in [1.29, 1.82) is 0 Å². The summed E-state index contributed by atoms with van der Waals surface area (Å²) in [6, 6.07) is -5.05. The van der Waals surface area contributed by atoms with Crippen molar-refractivity contribution in [3.63, 3.8) is 0 Å². The molecule has 0 saturated carbocycles. The molecule has 11 amide bonds. The Morgan fingerprint density at radius 3 is 2.00 bits per heavy atom. The molecule has 1 aromatic carbocycles. The summed E-state index contributed by atoms with van der Waals surface area (Å²) in [6.45, 7) is 6.60. The van der Waals surface area contributed by atoms with Gasteiger partial charge in [-0.15, -0.1) is 0 Å². The molecule has 0 bridgehead atoms. The molecule has 0 spiro atoms. The molecule has 2 saturated heterocycles. The van der Waals surface area contributed by atoms with Crippen LogP contribution in [0.15, 0.2) is 24.3 Å². The van der Waals surface area contributed by atoms with Crippen LogP contribution >= 0.6 is 21.6 Å². The molecular weight excluding hydrogens is 941 g/mol. The summed E-state index contributed by atoms with van der Waals surface area (Å²) in [7, 11) is 2.05. The van der Waals surface area contributed by atoms with Crippen molar-refractivity contribution in [2.45, 2.75) is 127 Å². The molecule has 4 unspecified atom stereocenters. The van der Waals surface area contributed by atoms with E-state index in [1.807, 2.05) is 13.8 Å². The molecule has 0 aromatic heterocycles. The Hall–Kier alpha value is -6.15. The van der Waals surface area contributed by atoms with Crippen LogP contribution in [-0.4, -0.2) is 148 Å². The Morgan fingerprint density at radius 1 is 0.783 bits per heavy atom. The maximum absolute atomic E-state index is 14.5. The molecule has 1 aromatic rings. The molecule has 24 nitrogen and oxygen atoms in total. The second-order valence-corrected chi connectivity index (χ2v) is 20.0. The fourth-order valence-electron chi connectivity index (χ4n) is 7.34. The number of nitrogens with one attached hydrogen (secondary N) is 7. The van der Waals surface area contributed by atoms with Crippen molar-refractivity contribution in [2.75, 3.05) is 24.6 Å². The Kier molecular flexibility index (Phi) is 23.0. The minimum absolute atomic E-state index is 0.0468. The van der Waals surface area contributed by atoms with Crippen molar-refractivity contribution in [3.8, 4) is 5.75 Å². The molecule has 2 heterocycles. The van der Waals surface area contributed by atoms with Gasteiger partial charge in [-0.25, -0.2) is 0 Å². The van der Waals surface area contributed by atoms with Crippen molar-refractivity contribution in [1.82, 2.24) is 42.1 Å². The first-order chi connectivity index (χ1) is 32.5. The van der Waals surface area contributed by atoms with Crippen LogP contribution in [0, 0.1) is 11.8 Å². The summed E-state index contributed by atoms with van der Waals surface area (Å²) < 4.78 is 0. The van der Waals surface area contributed by atoms with Gasteiger partial charge >= 0.3 is 0 Å². The van der Waals surface area contributed by atoms with E-state index in [0.29, 0.717) is 18.4 Å². The van der Waals surface area contributed by atoms with E-state index in [4.69, 9.17) is 22.9 Å². The first kappa shape index (κ1) is 57.2. The van der Waals surface area contributed by atoms with Crippen LogP contribution < -0.4 is 60.2 Å². The minimum atomic E-state index is -1.75. The number of hydrogen-bond acceptors (Lipinski definition) is 15. The van der Waals surface area contributed by atoms with Crippen LogP contribution in [0.25, 0.3) is 0 Å². The number of primary amides is 3. The molecule has 0 aliphatic carbocycles. The van der Waals surface area contributed by atoms with Crippen LogP contribution in [-0.2, 0) is 59.2 Å². The van der Waals surface area contributed by atoms with Gasteiger partial charge in [-0.3, -0.25) is 52.7 Å². The number of rotatable bonds is 17. The number of hydrogen-bond donors (Lipinski definition) is 12. The quantitative estimate of drug-likeness (QED) is 0.0671. The zero-order chi connectivity index (χ0) is 51.5. The van der Waals surface area contributed by atoms with Crippen LogP contribution in [0.4, 0.5) is 0 Å². The number of aromatic hydroxyl groups is 1. The summed E-state index contributed by atoms with van der Waals surface area (Å²) in [5.74, 6) is -10.4. The SMILES string of the molecule is CC[C@H](C)[C@@H]1NC(=O)C(Cc2ccc(O)cc2)NC(=O)[C@@H](N)CSSC[C@@H](C(=O)N2CCCC2C(=O)N[C@@H](CC(C)C)C(=O)NCC(N)=O)NC(=O)C(CC(N)=O)NC(=O)C(CCC(N)=O)NC1=O. The number of nitrogens with two attached hydrogens (primary N) is 4. The van der Waals surface area contributed by atoms with E-state index in [-0.39, 0.29) is 49.0 Å². The van der Waals surface area contributed by atoms with Crippen LogP contribution in [0.1, 0.15) is 78.2 Å². The van der Waals surface area contributed by atoms with E-state index in [1.165, 1.54) is 29.2 Å². The minimum Gasteiger partial charge on any atom is -0.508 e. The Balaban J connectivity index is 2.05. The summed E-state index contributed by atoms with van der Waals surface area (Å²) in [5, 5.41) is 27.7. The Labute approximate surface area is 407 Å². The van der Waals surface area contributed by atoms with E-state index in [2.05, 4.69) is 37.2 Å². The Morgan fingerprint density at radius 2 is 1.39 bits per heavy atom. The molecular formula is C43H66N12O12S2. The molecule has 2 fully saturated rings. The van der Waals surface area contributed by atoms with E-state index < -0.39 is 145 Å². The molecule has 3 rings (SSSR count). The molecule has 9 atom stereocenters. The van der Waals surface area contributed by atoms with Gasteiger partial charge < -0.3 is 70.2 Å². The molecule has 69 heavy (non-hydrogen) atoms. The molecule has 382 valence electrons. The topological polar surface area (TPSA) is 400 Å². The maximum atomic E-state index is 14.5. The third kappa shape index (κ3) is 18.7.